The minimum absolute atomic E-state index is 0.107. The molecule has 1 saturated carbocycles. The SMILES string of the molecule is Cn1c(C(=O)NCC2CCCC2CO)ccc1[N+](=O)[O-]. The molecule has 2 N–H and O–H groups in total. The summed E-state index contributed by atoms with van der Waals surface area (Å²) < 4.78 is 1.27. The molecule has 0 bridgehead atoms. The van der Waals surface area contributed by atoms with E-state index in [2.05, 4.69) is 5.32 Å². The Kier molecular flexibility index (Phi) is 4.39. The smallest absolute Gasteiger partial charge is 0.323 e. The first kappa shape index (κ1) is 14.5. The van der Waals surface area contributed by atoms with Gasteiger partial charge in [-0.1, -0.05) is 6.42 Å². The van der Waals surface area contributed by atoms with Crippen molar-refractivity contribution in [3.05, 3.63) is 27.9 Å². The Bertz CT molecular complexity index is 512. The van der Waals surface area contributed by atoms with E-state index in [0.717, 1.165) is 19.3 Å². The Morgan fingerprint density at radius 2 is 2.20 bits per heavy atom. The summed E-state index contributed by atoms with van der Waals surface area (Å²) in [5.41, 5.74) is 0.273. The number of carbonyl (C=O) groups is 1. The molecule has 1 aliphatic carbocycles. The van der Waals surface area contributed by atoms with Crippen molar-refractivity contribution in [2.45, 2.75) is 19.3 Å². The fourth-order valence-electron chi connectivity index (χ4n) is 2.85. The third-order valence-electron chi connectivity index (χ3n) is 4.09. The fourth-order valence-corrected chi connectivity index (χ4v) is 2.85. The first-order valence-electron chi connectivity index (χ1n) is 6.73. The van der Waals surface area contributed by atoms with Gasteiger partial charge in [0.05, 0.1) is 7.05 Å². The molecule has 0 aliphatic heterocycles. The van der Waals surface area contributed by atoms with Crippen molar-refractivity contribution in [3.8, 4) is 0 Å². The maximum atomic E-state index is 12.0. The van der Waals surface area contributed by atoms with E-state index in [1.165, 1.54) is 23.7 Å². The molecule has 1 aliphatic rings. The molecule has 0 saturated heterocycles. The molecule has 1 aromatic rings. The van der Waals surface area contributed by atoms with Crippen LogP contribution in [0.5, 0.6) is 0 Å². The maximum absolute atomic E-state index is 12.0. The summed E-state index contributed by atoms with van der Waals surface area (Å²) in [6.07, 6.45) is 3.06. The Balaban J connectivity index is 1.97. The van der Waals surface area contributed by atoms with Gasteiger partial charge >= 0.3 is 5.82 Å². The van der Waals surface area contributed by atoms with Gasteiger partial charge in [-0.05, 0) is 35.7 Å². The van der Waals surface area contributed by atoms with E-state index < -0.39 is 4.92 Å². The monoisotopic (exact) mass is 281 g/mol. The minimum atomic E-state index is -0.518. The van der Waals surface area contributed by atoms with E-state index in [1.807, 2.05) is 0 Å². The van der Waals surface area contributed by atoms with Crippen molar-refractivity contribution in [2.75, 3.05) is 13.2 Å². The first-order chi connectivity index (χ1) is 9.54. The minimum Gasteiger partial charge on any atom is -0.396 e. The summed E-state index contributed by atoms with van der Waals surface area (Å²) >= 11 is 0. The zero-order valence-corrected chi connectivity index (χ0v) is 11.4. The number of hydrogen-bond acceptors (Lipinski definition) is 4. The van der Waals surface area contributed by atoms with E-state index in [1.54, 1.807) is 0 Å². The van der Waals surface area contributed by atoms with Crippen LogP contribution in [0.25, 0.3) is 0 Å². The van der Waals surface area contributed by atoms with Gasteiger partial charge < -0.3 is 20.5 Å². The number of hydrogen-bond donors (Lipinski definition) is 2. The number of aliphatic hydroxyl groups excluding tert-OH is 1. The third kappa shape index (κ3) is 2.82. The molecule has 110 valence electrons. The van der Waals surface area contributed by atoms with Crippen molar-refractivity contribution in [3.63, 3.8) is 0 Å². The van der Waals surface area contributed by atoms with Crippen LogP contribution in [0.3, 0.4) is 0 Å². The van der Waals surface area contributed by atoms with Gasteiger partial charge in [0.25, 0.3) is 5.91 Å². The number of carbonyl (C=O) groups excluding carboxylic acids is 1. The molecule has 1 amide bonds. The highest BCUT2D eigenvalue weighted by molar-refractivity contribution is 5.93. The molecule has 20 heavy (non-hydrogen) atoms. The number of amides is 1. The van der Waals surface area contributed by atoms with Crippen LogP contribution in [0.15, 0.2) is 12.1 Å². The summed E-state index contributed by atoms with van der Waals surface area (Å²) in [6.45, 7) is 0.652. The average Bonchev–Trinajstić information content (AvgIpc) is 3.01. The predicted molar refractivity (Wildman–Crippen MR) is 72.3 cm³/mol. The van der Waals surface area contributed by atoms with Crippen LogP contribution in [0.2, 0.25) is 0 Å². The van der Waals surface area contributed by atoms with Gasteiger partial charge in [-0.25, -0.2) is 4.57 Å². The molecule has 1 fully saturated rings. The molecule has 2 unspecified atom stereocenters. The first-order valence-corrected chi connectivity index (χ1v) is 6.73. The molecule has 2 rings (SSSR count). The molecular formula is C13H19N3O4. The van der Waals surface area contributed by atoms with Crippen LogP contribution in [0, 0.1) is 22.0 Å². The van der Waals surface area contributed by atoms with E-state index in [9.17, 15) is 20.0 Å². The third-order valence-corrected chi connectivity index (χ3v) is 4.09. The molecule has 0 aromatic carbocycles. The van der Waals surface area contributed by atoms with Gasteiger partial charge in [-0.2, -0.15) is 0 Å². The highest BCUT2D eigenvalue weighted by Crippen LogP contribution is 2.30. The Hall–Kier alpha value is -1.89. The Morgan fingerprint density at radius 3 is 2.80 bits per heavy atom. The van der Waals surface area contributed by atoms with Crippen LogP contribution in [-0.2, 0) is 7.05 Å². The lowest BCUT2D eigenvalue weighted by molar-refractivity contribution is -0.391. The van der Waals surface area contributed by atoms with E-state index >= 15 is 0 Å². The Morgan fingerprint density at radius 1 is 1.50 bits per heavy atom. The van der Waals surface area contributed by atoms with Crippen LogP contribution in [-0.4, -0.2) is 33.7 Å². The average molecular weight is 281 g/mol. The number of nitrogens with one attached hydrogen (secondary N) is 1. The molecule has 1 aromatic heterocycles. The second-order valence-corrected chi connectivity index (χ2v) is 5.24. The molecule has 2 atom stereocenters. The highest BCUT2D eigenvalue weighted by atomic mass is 16.6. The molecule has 7 nitrogen and oxygen atoms in total. The number of nitro groups is 1. The summed E-state index contributed by atoms with van der Waals surface area (Å²) in [5.74, 6) is 0.116. The quantitative estimate of drug-likeness (QED) is 0.623. The zero-order valence-electron chi connectivity index (χ0n) is 11.4. The summed E-state index contributed by atoms with van der Waals surface area (Å²) in [5, 5.41) is 22.8. The molecule has 7 heteroatoms. The predicted octanol–water partition coefficient (Wildman–Crippen LogP) is 1.07. The Labute approximate surface area is 116 Å². The second-order valence-electron chi connectivity index (χ2n) is 5.24. The summed E-state index contributed by atoms with van der Waals surface area (Å²) in [4.78, 5) is 22.2. The van der Waals surface area contributed by atoms with Gasteiger partial charge in [0.1, 0.15) is 0 Å². The zero-order chi connectivity index (χ0) is 14.7. The van der Waals surface area contributed by atoms with Crippen molar-refractivity contribution in [1.29, 1.82) is 0 Å². The normalized spacial score (nSPS) is 21.9. The van der Waals surface area contributed by atoms with E-state index in [-0.39, 0.29) is 29.9 Å². The van der Waals surface area contributed by atoms with Gasteiger partial charge in [0.15, 0.2) is 5.69 Å². The molecular weight excluding hydrogens is 262 g/mol. The molecule has 0 spiro atoms. The lowest BCUT2D eigenvalue weighted by atomic mass is 9.97. The molecule has 0 radical (unpaired) electrons. The number of nitrogens with zero attached hydrogens (tertiary/aromatic N) is 2. The van der Waals surface area contributed by atoms with Gasteiger partial charge in [-0.15, -0.1) is 0 Å². The second kappa shape index (κ2) is 6.04. The summed E-state index contributed by atoms with van der Waals surface area (Å²) in [7, 11) is 1.50. The van der Waals surface area contributed by atoms with Gasteiger partial charge in [0, 0.05) is 19.2 Å². The van der Waals surface area contributed by atoms with Crippen LogP contribution in [0.4, 0.5) is 5.82 Å². The number of aromatic nitrogens is 1. The fraction of sp³-hybridized carbons (Fsp3) is 0.615. The standard InChI is InChI=1S/C13H19N3O4/c1-15-11(5-6-12(15)16(19)20)13(18)14-7-9-3-2-4-10(9)8-17/h5-6,9-10,17H,2-4,7-8H2,1H3,(H,14,18). The molecule has 1 heterocycles. The number of aliphatic hydroxyl groups is 1. The largest absolute Gasteiger partial charge is 0.396 e. The van der Waals surface area contributed by atoms with Crippen molar-refractivity contribution < 1.29 is 14.8 Å². The van der Waals surface area contributed by atoms with Crippen LogP contribution < -0.4 is 5.32 Å². The summed E-state index contributed by atoms with van der Waals surface area (Å²) in [6, 6.07) is 2.77. The lowest BCUT2D eigenvalue weighted by Gasteiger charge is -2.17. The number of rotatable bonds is 5. The van der Waals surface area contributed by atoms with Crippen LogP contribution in [0.1, 0.15) is 29.8 Å². The van der Waals surface area contributed by atoms with Crippen molar-refractivity contribution in [2.24, 2.45) is 18.9 Å². The van der Waals surface area contributed by atoms with Crippen LogP contribution >= 0.6 is 0 Å². The van der Waals surface area contributed by atoms with Crippen molar-refractivity contribution in [1.82, 2.24) is 9.88 Å². The highest BCUT2D eigenvalue weighted by Gasteiger charge is 2.28. The topological polar surface area (TPSA) is 97.4 Å². The van der Waals surface area contributed by atoms with E-state index in [0.29, 0.717) is 12.5 Å². The van der Waals surface area contributed by atoms with E-state index in [4.69, 9.17) is 0 Å². The lowest BCUT2D eigenvalue weighted by Crippen LogP contribution is -2.32. The van der Waals surface area contributed by atoms with Crippen molar-refractivity contribution >= 4 is 11.7 Å². The maximum Gasteiger partial charge on any atom is 0.323 e. The van der Waals surface area contributed by atoms with Gasteiger partial charge in [0.2, 0.25) is 0 Å². The van der Waals surface area contributed by atoms with Gasteiger partial charge in [-0.3, -0.25) is 4.79 Å².